The summed E-state index contributed by atoms with van der Waals surface area (Å²) in [5.74, 6) is -0.930. The maximum Gasteiger partial charge on any atom is 0.234 e. The number of ketones is 2. The normalized spacial score (nSPS) is 20.4. The third-order valence-electron chi connectivity index (χ3n) is 3.90. The van der Waals surface area contributed by atoms with Gasteiger partial charge in [0.2, 0.25) is 11.6 Å². The lowest BCUT2D eigenvalue weighted by Crippen LogP contribution is -2.27. The zero-order chi connectivity index (χ0) is 12.7. The number of carbonyl (C=O) groups is 2. The molecule has 3 heteroatoms. The lowest BCUT2D eigenvalue weighted by atomic mass is 9.82. The summed E-state index contributed by atoms with van der Waals surface area (Å²) in [6.45, 7) is 0. The highest BCUT2D eigenvalue weighted by molar-refractivity contribution is 6.52. The first-order chi connectivity index (χ1) is 8.70. The topological polar surface area (TPSA) is 54.4 Å². The van der Waals surface area contributed by atoms with Crippen LogP contribution in [0.5, 0.6) is 0 Å². The van der Waals surface area contributed by atoms with Gasteiger partial charge < -0.3 is 5.11 Å². The smallest absolute Gasteiger partial charge is 0.234 e. The summed E-state index contributed by atoms with van der Waals surface area (Å²) in [4.78, 5) is 24.2. The van der Waals surface area contributed by atoms with E-state index in [1.165, 1.54) is 0 Å². The van der Waals surface area contributed by atoms with E-state index < -0.39 is 11.6 Å². The zero-order valence-electron chi connectivity index (χ0n) is 9.98. The molecule has 0 aromatic heterocycles. The molecule has 0 atom stereocenters. The number of benzene rings is 1. The maximum atomic E-state index is 12.1. The van der Waals surface area contributed by atoms with Gasteiger partial charge in [0.25, 0.3) is 0 Å². The molecule has 0 amide bonds. The van der Waals surface area contributed by atoms with Gasteiger partial charge in [-0.1, -0.05) is 37.1 Å². The molecule has 1 aromatic carbocycles. The monoisotopic (exact) mass is 242 g/mol. The van der Waals surface area contributed by atoms with Gasteiger partial charge in [-0.3, -0.25) is 9.59 Å². The Morgan fingerprint density at radius 2 is 1.56 bits per heavy atom. The summed E-state index contributed by atoms with van der Waals surface area (Å²) < 4.78 is 0. The molecule has 2 aliphatic carbocycles. The van der Waals surface area contributed by atoms with E-state index in [4.69, 9.17) is 0 Å². The number of fused-ring (bicyclic) bond motifs is 1. The van der Waals surface area contributed by atoms with Crippen molar-refractivity contribution in [3.63, 3.8) is 0 Å². The molecule has 1 saturated carbocycles. The number of hydrogen-bond acceptors (Lipinski definition) is 3. The Kier molecular flexibility index (Phi) is 2.54. The number of aliphatic hydroxyl groups excluding tert-OH is 1. The fraction of sp³-hybridized carbons (Fsp3) is 0.333. The zero-order valence-corrected chi connectivity index (χ0v) is 9.98. The molecule has 18 heavy (non-hydrogen) atoms. The average molecular weight is 242 g/mol. The Balaban J connectivity index is 2.18. The van der Waals surface area contributed by atoms with Gasteiger partial charge in [0.05, 0.1) is 0 Å². The lowest BCUT2D eigenvalue weighted by Gasteiger charge is -2.21. The van der Waals surface area contributed by atoms with E-state index in [0.717, 1.165) is 25.7 Å². The molecular formula is C15H14O3. The van der Waals surface area contributed by atoms with Crippen molar-refractivity contribution < 1.29 is 14.7 Å². The molecule has 2 aliphatic rings. The Hall–Kier alpha value is -1.90. The molecule has 92 valence electrons. The van der Waals surface area contributed by atoms with Gasteiger partial charge in [-0.15, -0.1) is 0 Å². The second-order valence-electron chi connectivity index (χ2n) is 4.95. The highest BCUT2D eigenvalue weighted by Crippen LogP contribution is 2.38. The van der Waals surface area contributed by atoms with Crippen LogP contribution < -0.4 is 0 Å². The van der Waals surface area contributed by atoms with E-state index in [1.807, 2.05) is 0 Å². The quantitative estimate of drug-likeness (QED) is 0.770. The van der Waals surface area contributed by atoms with Gasteiger partial charge in [0.15, 0.2) is 0 Å². The molecule has 0 heterocycles. The van der Waals surface area contributed by atoms with Gasteiger partial charge in [0, 0.05) is 16.7 Å². The average Bonchev–Trinajstić information content (AvgIpc) is 2.90. The van der Waals surface area contributed by atoms with Crippen LogP contribution in [0.4, 0.5) is 0 Å². The summed E-state index contributed by atoms with van der Waals surface area (Å²) in [6, 6.07) is 6.77. The van der Waals surface area contributed by atoms with E-state index in [9.17, 15) is 14.7 Å². The third-order valence-corrected chi connectivity index (χ3v) is 3.90. The SMILES string of the molecule is O=C1C(=O)c2ccccc2C(O)=C1C1CCCC1. The van der Waals surface area contributed by atoms with Crippen molar-refractivity contribution in [1.82, 2.24) is 0 Å². The molecule has 1 N–H and O–H groups in total. The van der Waals surface area contributed by atoms with Crippen LogP contribution in [0, 0.1) is 5.92 Å². The van der Waals surface area contributed by atoms with Crippen molar-refractivity contribution in [1.29, 1.82) is 0 Å². The Bertz CT molecular complexity index is 563. The molecular weight excluding hydrogens is 228 g/mol. The van der Waals surface area contributed by atoms with Crippen LogP contribution in [0.2, 0.25) is 0 Å². The van der Waals surface area contributed by atoms with Crippen molar-refractivity contribution in [2.24, 2.45) is 5.92 Å². The van der Waals surface area contributed by atoms with E-state index in [1.54, 1.807) is 24.3 Å². The lowest BCUT2D eigenvalue weighted by molar-refractivity contribution is -0.112. The van der Waals surface area contributed by atoms with Crippen molar-refractivity contribution >= 4 is 17.3 Å². The Morgan fingerprint density at radius 3 is 2.22 bits per heavy atom. The highest BCUT2D eigenvalue weighted by atomic mass is 16.3. The first-order valence-electron chi connectivity index (χ1n) is 6.31. The molecule has 1 aromatic rings. The second kappa shape index (κ2) is 4.09. The van der Waals surface area contributed by atoms with Crippen LogP contribution in [-0.2, 0) is 4.79 Å². The van der Waals surface area contributed by atoms with Gasteiger partial charge in [-0.2, -0.15) is 0 Å². The fourth-order valence-electron chi connectivity index (χ4n) is 2.98. The van der Waals surface area contributed by atoms with Crippen molar-refractivity contribution in [3.05, 3.63) is 41.0 Å². The van der Waals surface area contributed by atoms with E-state index in [0.29, 0.717) is 16.7 Å². The Labute approximate surface area is 105 Å². The number of aliphatic hydroxyl groups is 1. The molecule has 3 rings (SSSR count). The molecule has 0 unspecified atom stereocenters. The van der Waals surface area contributed by atoms with Gasteiger partial charge in [-0.05, 0) is 18.8 Å². The van der Waals surface area contributed by atoms with Crippen LogP contribution in [-0.4, -0.2) is 16.7 Å². The fourth-order valence-corrected chi connectivity index (χ4v) is 2.98. The molecule has 3 nitrogen and oxygen atoms in total. The summed E-state index contributed by atoms with van der Waals surface area (Å²) >= 11 is 0. The standard InChI is InChI=1S/C15H14O3/c16-13-10-7-3-4-8-11(10)14(17)15(18)12(13)9-5-1-2-6-9/h3-4,7-9,16H,1-2,5-6H2. The number of rotatable bonds is 1. The molecule has 0 spiro atoms. The maximum absolute atomic E-state index is 12.1. The summed E-state index contributed by atoms with van der Waals surface area (Å²) in [6.07, 6.45) is 3.90. The highest BCUT2D eigenvalue weighted by Gasteiger charge is 2.37. The van der Waals surface area contributed by atoms with E-state index in [-0.39, 0.29) is 11.7 Å². The number of carbonyl (C=O) groups excluding carboxylic acids is 2. The number of allylic oxidation sites excluding steroid dienone is 1. The van der Waals surface area contributed by atoms with Crippen LogP contribution in [0.3, 0.4) is 0 Å². The summed E-state index contributed by atoms with van der Waals surface area (Å²) in [7, 11) is 0. The van der Waals surface area contributed by atoms with Gasteiger partial charge in [-0.25, -0.2) is 0 Å². The van der Waals surface area contributed by atoms with Crippen molar-refractivity contribution in [2.75, 3.05) is 0 Å². The molecule has 0 radical (unpaired) electrons. The first-order valence-corrected chi connectivity index (χ1v) is 6.31. The molecule has 0 bridgehead atoms. The van der Waals surface area contributed by atoms with E-state index >= 15 is 0 Å². The minimum Gasteiger partial charge on any atom is -0.507 e. The van der Waals surface area contributed by atoms with Gasteiger partial charge in [0.1, 0.15) is 5.76 Å². The summed E-state index contributed by atoms with van der Waals surface area (Å²) in [5.41, 5.74) is 1.17. The molecule has 1 fully saturated rings. The van der Waals surface area contributed by atoms with E-state index in [2.05, 4.69) is 0 Å². The minimum absolute atomic E-state index is 0.0158. The molecule has 0 aliphatic heterocycles. The molecule has 0 saturated heterocycles. The van der Waals surface area contributed by atoms with Crippen LogP contribution in [0.1, 0.15) is 41.6 Å². The van der Waals surface area contributed by atoms with Crippen LogP contribution in [0.15, 0.2) is 29.8 Å². The largest absolute Gasteiger partial charge is 0.507 e. The van der Waals surface area contributed by atoms with Crippen molar-refractivity contribution in [3.8, 4) is 0 Å². The Morgan fingerprint density at radius 1 is 0.944 bits per heavy atom. The summed E-state index contributed by atoms with van der Waals surface area (Å²) in [5, 5.41) is 10.3. The number of Topliss-reactive ketones (excluding diaryl/α,β-unsaturated/α-hetero) is 2. The number of hydrogen-bond donors (Lipinski definition) is 1. The third kappa shape index (κ3) is 1.50. The predicted molar refractivity (Wildman–Crippen MR) is 67.3 cm³/mol. The van der Waals surface area contributed by atoms with Crippen molar-refractivity contribution in [2.45, 2.75) is 25.7 Å². The predicted octanol–water partition coefficient (Wildman–Crippen LogP) is 2.91. The first kappa shape index (κ1) is 11.2. The van der Waals surface area contributed by atoms with Gasteiger partial charge >= 0.3 is 0 Å². The second-order valence-corrected chi connectivity index (χ2v) is 4.95. The van der Waals surface area contributed by atoms with Crippen LogP contribution in [0.25, 0.3) is 5.76 Å². The van der Waals surface area contributed by atoms with Crippen LogP contribution >= 0.6 is 0 Å². The minimum atomic E-state index is -0.516.